The number of halogens is 1. The molecule has 0 spiro atoms. The van der Waals surface area contributed by atoms with Crippen LogP contribution in [0.25, 0.3) is 11.0 Å². The molecule has 0 N–H and O–H groups in total. The zero-order valence-corrected chi connectivity index (χ0v) is 12.3. The summed E-state index contributed by atoms with van der Waals surface area (Å²) in [4.78, 5) is 20.9. The molecule has 2 heterocycles. The quantitative estimate of drug-likeness (QED) is 0.758. The molecule has 2 aliphatic rings. The first-order valence-corrected chi connectivity index (χ1v) is 7.50. The largest absolute Gasteiger partial charge is 0.289 e. The van der Waals surface area contributed by atoms with Crippen LogP contribution in [-0.4, -0.2) is 14.5 Å². The van der Waals surface area contributed by atoms with Crippen molar-refractivity contribution in [3.63, 3.8) is 0 Å². The predicted molar refractivity (Wildman–Crippen MR) is 78.0 cm³/mol. The van der Waals surface area contributed by atoms with Crippen LogP contribution in [0.3, 0.4) is 0 Å². The summed E-state index contributed by atoms with van der Waals surface area (Å²) in [5.74, 6) is 2.15. The highest BCUT2D eigenvalue weighted by atomic mass is 35.5. The lowest BCUT2D eigenvalue weighted by molar-refractivity contribution is 0.428. The van der Waals surface area contributed by atoms with E-state index in [1.54, 1.807) is 12.3 Å². The first-order valence-electron chi connectivity index (χ1n) is 7.12. The molecule has 20 heavy (non-hydrogen) atoms. The van der Waals surface area contributed by atoms with Gasteiger partial charge in [0.25, 0.3) is 5.56 Å². The van der Waals surface area contributed by atoms with Crippen molar-refractivity contribution >= 4 is 22.6 Å². The molecule has 0 amide bonds. The molecule has 4 atom stereocenters. The Kier molecular flexibility index (Phi) is 2.49. The highest BCUT2D eigenvalue weighted by Gasteiger charge is 2.56. The van der Waals surface area contributed by atoms with E-state index in [2.05, 4.69) is 16.9 Å². The molecular formula is C15H16ClN3O. The van der Waals surface area contributed by atoms with Crippen LogP contribution in [0.1, 0.15) is 31.4 Å². The van der Waals surface area contributed by atoms with Gasteiger partial charge in [-0.3, -0.25) is 9.36 Å². The summed E-state index contributed by atoms with van der Waals surface area (Å²) >= 11 is 5.94. The average Bonchev–Trinajstić information content (AvgIpc) is 2.82. The van der Waals surface area contributed by atoms with Gasteiger partial charge in [0.15, 0.2) is 0 Å². The number of aryl methyl sites for hydroxylation is 1. The molecule has 2 saturated carbocycles. The first kappa shape index (κ1) is 12.3. The Morgan fingerprint density at radius 1 is 1.40 bits per heavy atom. The lowest BCUT2D eigenvalue weighted by atomic mass is 10.1. The van der Waals surface area contributed by atoms with Crippen LogP contribution in [0.5, 0.6) is 0 Å². The molecule has 2 aliphatic carbocycles. The Balaban J connectivity index is 1.98. The third-order valence-electron chi connectivity index (χ3n) is 5.18. The fraction of sp³-hybridized carbons (Fsp3) is 0.533. The van der Waals surface area contributed by atoms with Crippen LogP contribution in [0.2, 0.25) is 5.28 Å². The molecule has 0 bridgehead atoms. The van der Waals surface area contributed by atoms with Crippen molar-refractivity contribution in [3.05, 3.63) is 33.5 Å². The molecule has 0 aromatic carbocycles. The summed E-state index contributed by atoms with van der Waals surface area (Å²) in [5.41, 5.74) is 1.64. The van der Waals surface area contributed by atoms with Crippen molar-refractivity contribution in [2.45, 2.75) is 32.7 Å². The van der Waals surface area contributed by atoms with E-state index in [1.165, 1.54) is 6.42 Å². The summed E-state index contributed by atoms with van der Waals surface area (Å²) in [6, 6.07) is 1.97. The summed E-state index contributed by atoms with van der Waals surface area (Å²) in [7, 11) is 0. The maximum absolute atomic E-state index is 12.5. The zero-order valence-electron chi connectivity index (χ0n) is 11.5. The van der Waals surface area contributed by atoms with E-state index < -0.39 is 0 Å². The lowest BCUT2D eigenvalue weighted by Gasteiger charge is -2.19. The van der Waals surface area contributed by atoms with E-state index in [4.69, 9.17) is 11.6 Å². The minimum atomic E-state index is 0.0366. The number of hydrogen-bond donors (Lipinski definition) is 0. The van der Waals surface area contributed by atoms with Crippen molar-refractivity contribution in [2.24, 2.45) is 17.8 Å². The van der Waals surface area contributed by atoms with E-state index in [-0.39, 0.29) is 16.9 Å². The van der Waals surface area contributed by atoms with Crippen molar-refractivity contribution in [2.75, 3.05) is 0 Å². The van der Waals surface area contributed by atoms with Crippen LogP contribution in [0.15, 0.2) is 17.1 Å². The van der Waals surface area contributed by atoms with Crippen LogP contribution in [0, 0.1) is 24.7 Å². The molecule has 0 saturated heterocycles. The zero-order chi connectivity index (χ0) is 14.0. The molecular weight excluding hydrogens is 274 g/mol. The molecule has 2 fully saturated rings. The predicted octanol–water partition coefficient (Wildman–Crippen LogP) is 2.97. The van der Waals surface area contributed by atoms with Gasteiger partial charge in [0.1, 0.15) is 5.65 Å². The fourth-order valence-corrected chi connectivity index (χ4v) is 4.23. The third kappa shape index (κ3) is 1.57. The van der Waals surface area contributed by atoms with Crippen LogP contribution in [0.4, 0.5) is 0 Å². The van der Waals surface area contributed by atoms with Crippen molar-refractivity contribution < 1.29 is 0 Å². The monoisotopic (exact) mass is 289 g/mol. The second-order valence-electron chi connectivity index (χ2n) is 6.16. The number of rotatable bonds is 1. The van der Waals surface area contributed by atoms with Crippen molar-refractivity contribution in [1.82, 2.24) is 14.5 Å². The Morgan fingerprint density at radius 2 is 2.20 bits per heavy atom. The van der Waals surface area contributed by atoms with Crippen molar-refractivity contribution in [1.29, 1.82) is 0 Å². The normalized spacial score (nSPS) is 31.6. The highest BCUT2D eigenvalue weighted by Crippen LogP contribution is 2.61. The lowest BCUT2D eigenvalue weighted by Crippen LogP contribution is -2.26. The first-order chi connectivity index (χ1) is 9.58. The molecule has 4 rings (SSSR count). The van der Waals surface area contributed by atoms with Gasteiger partial charge in [-0.15, -0.1) is 0 Å². The number of aromatic nitrogens is 3. The Labute approximate surface area is 121 Å². The standard InChI is InChI=1S/C15H16ClN3O/c1-7-5-12(20)19(11-4-3-9-8(2)13(9)11)14-10(7)6-17-15(16)18-14/h5-6,8-9,11,13H,3-4H2,1-2H3/t8-,9+,11+,13-/m0/s1. The van der Waals surface area contributed by atoms with E-state index in [0.29, 0.717) is 11.6 Å². The molecule has 2 aromatic rings. The summed E-state index contributed by atoms with van der Waals surface area (Å²) in [5, 5.41) is 1.13. The summed E-state index contributed by atoms with van der Waals surface area (Å²) < 4.78 is 1.87. The van der Waals surface area contributed by atoms with E-state index >= 15 is 0 Å². The minimum Gasteiger partial charge on any atom is -0.289 e. The second-order valence-corrected chi connectivity index (χ2v) is 6.49. The Bertz CT molecular complexity index is 770. The Hall–Kier alpha value is -1.42. The molecule has 0 unspecified atom stereocenters. The van der Waals surface area contributed by atoms with Crippen LogP contribution >= 0.6 is 11.6 Å². The Morgan fingerprint density at radius 3 is 2.90 bits per heavy atom. The molecule has 0 radical (unpaired) electrons. The smallest absolute Gasteiger partial charge is 0.252 e. The van der Waals surface area contributed by atoms with Gasteiger partial charge in [0.05, 0.1) is 0 Å². The molecule has 5 heteroatoms. The van der Waals surface area contributed by atoms with Gasteiger partial charge in [-0.25, -0.2) is 4.98 Å². The molecule has 4 nitrogen and oxygen atoms in total. The molecule has 104 valence electrons. The van der Waals surface area contributed by atoms with Gasteiger partial charge >= 0.3 is 0 Å². The summed E-state index contributed by atoms with van der Waals surface area (Å²) in [6.07, 6.45) is 4.01. The van der Waals surface area contributed by atoms with Crippen LogP contribution in [-0.2, 0) is 0 Å². The third-order valence-corrected chi connectivity index (χ3v) is 5.36. The average molecular weight is 290 g/mol. The van der Waals surface area contributed by atoms with E-state index in [9.17, 15) is 4.79 Å². The summed E-state index contributed by atoms with van der Waals surface area (Å²) in [6.45, 7) is 4.20. The highest BCUT2D eigenvalue weighted by molar-refractivity contribution is 6.28. The van der Waals surface area contributed by atoms with Gasteiger partial charge in [0, 0.05) is 23.7 Å². The van der Waals surface area contributed by atoms with Gasteiger partial charge in [-0.2, -0.15) is 4.98 Å². The SMILES string of the molecule is Cc1cc(=O)n([C@@H]2CC[C@@H]3[C@H](C)[C@@H]32)c2nc(Cl)ncc12. The van der Waals surface area contributed by atoms with E-state index in [0.717, 1.165) is 29.2 Å². The number of fused-ring (bicyclic) bond motifs is 2. The van der Waals surface area contributed by atoms with E-state index in [1.807, 2.05) is 11.5 Å². The van der Waals surface area contributed by atoms with Gasteiger partial charge in [0.2, 0.25) is 5.28 Å². The van der Waals surface area contributed by atoms with Crippen molar-refractivity contribution in [3.8, 4) is 0 Å². The van der Waals surface area contributed by atoms with Crippen LogP contribution < -0.4 is 5.56 Å². The van der Waals surface area contributed by atoms with Gasteiger partial charge < -0.3 is 0 Å². The maximum Gasteiger partial charge on any atom is 0.252 e. The maximum atomic E-state index is 12.5. The fourth-order valence-electron chi connectivity index (χ4n) is 4.10. The van der Waals surface area contributed by atoms with Gasteiger partial charge in [-0.1, -0.05) is 6.92 Å². The second kappa shape index (κ2) is 4.04. The topological polar surface area (TPSA) is 47.8 Å². The molecule has 0 aliphatic heterocycles. The number of nitrogens with zero attached hydrogens (tertiary/aromatic N) is 3. The minimum absolute atomic E-state index is 0.0366. The number of hydrogen-bond acceptors (Lipinski definition) is 3. The van der Waals surface area contributed by atoms with Gasteiger partial charge in [-0.05, 0) is 54.7 Å². The molecule has 2 aromatic heterocycles. The number of pyridine rings is 1.